The number of hydrogen-bond acceptors (Lipinski definition) is 4. The van der Waals surface area contributed by atoms with E-state index >= 15 is 0 Å². The van der Waals surface area contributed by atoms with Crippen molar-refractivity contribution in [1.82, 2.24) is 4.31 Å². The number of carbonyl (C=O) groups excluding carboxylic acids is 1. The summed E-state index contributed by atoms with van der Waals surface area (Å²) in [6.07, 6.45) is 7.58. The number of piperidine rings is 1. The maximum Gasteiger partial charge on any atom is 0.279 e. The highest BCUT2D eigenvalue weighted by molar-refractivity contribution is 7.89. The number of carbonyl (C=O) groups is 1. The summed E-state index contributed by atoms with van der Waals surface area (Å²) in [7, 11) is 3.22. The van der Waals surface area contributed by atoms with Crippen LogP contribution in [0, 0.1) is 5.92 Å². The van der Waals surface area contributed by atoms with Crippen molar-refractivity contribution in [3.63, 3.8) is 0 Å². The monoisotopic (exact) mass is 423 g/mol. The van der Waals surface area contributed by atoms with Crippen molar-refractivity contribution in [2.75, 3.05) is 51.5 Å². The third-order valence-corrected chi connectivity index (χ3v) is 8.21. The lowest BCUT2D eigenvalue weighted by atomic mass is 9.78. The Bertz CT molecular complexity index is 836. The topological polar surface area (TPSA) is 74.2 Å². The Hall–Kier alpha value is -1.64. The Kier molecular flexibility index (Phi) is 6.86. The molecule has 1 heterocycles. The van der Waals surface area contributed by atoms with Gasteiger partial charge in [0.05, 0.1) is 28.9 Å². The maximum absolute atomic E-state index is 12.9. The number of likely N-dealkylation sites (tertiary alicyclic amines) is 1. The van der Waals surface area contributed by atoms with Gasteiger partial charge in [-0.05, 0) is 50.3 Å². The van der Waals surface area contributed by atoms with Crippen LogP contribution in [0.15, 0.2) is 23.1 Å². The summed E-state index contributed by atoms with van der Waals surface area (Å²) >= 11 is 0. The van der Waals surface area contributed by atoms with Crippen LogP contribution >= 0.6 is 0 Å². The molecule has 2 aliphatic rings. The molecule has 0 aromatic heterocycles. The normalized spacial score (nSPS) is 24.8. The molecule has 0 bridgehead atoms. The molecule has 1 saturated heterocycles. The van der Waals surface area contributed by atoms with Gasteiger partial charge in [0.2, 0.25) is 10.0 Å². The van der Waals surface area contributed by atoms with E-state index in [-0.39, 0.29) is 10.8 Å². The molecule has 1 unspecified atom stereocenters. The SMILES string of the molecule is CN(C)c1ccc(S(=O)(=O)N(C)C)cc1NC(=O)C[NH+]1CCC[C@@H]2CCCC[C@@H]21. The van der Waals surface area contributed by atoms with E-state index in [0.29, 0.717) is 18.3 Å². The summed E-state index contributed by atoms with van der Waals surface area (Å²) in [5, 5.41) is 3.00. The van der Waals surface area contributed by atoms with Crippen molar-refractivity contribution in [1.29, 1.82) is 0 Å². The summed E-state index contributed by atoms with van der Waals surface area (Å²) in [6, 6.07) is 5.49. The molecule has 1 aromatic rings. The van der Waals surface area contributed by atoms with Crippen molar-refractivity contribution in [2.24, 2.45) is 5.92 Å². The van der Waals surface area contributed by atoms with Gasteiger partial charge in [-0.3, -0.25) is 4.79 Å². The quantitative estimate of drug-likeness (QED) is 0.721. The van der Waals surface area contributed by atoms with Crippen LogP contribution in [-0.2, 0) is 14.8 Å². The third-order valence-electron chi connectivity index (χ3n) is 6.40. The van der Waals surface area contributed by atoms with E-state index in [2.05, 4.69) is 5.32 Å². The number of sulfonamides is 1. The second-order valence-electron chi connectivity index (χ2n) is 8.79. The molecule has 1 aliphatic carbocycles. The van der Waals surface area contributed by atoms with Crippen LogP contribution in [0.25, 0.3) is 0 Å². The fourth-order valence-electron chi connectivity index (χ4n) is 4.86. The molecule has 2 fully saturated rings. The molecule has 29 heavy (non-hydrogen) atoms. The summed E-state index contributed by atoms with van der Waals surface area (Å²) in [5.74, 6) is 0.708. The number of nitrogens with zero attached hydrogens (tertiary/aromatic N) is 2. The summed E-state index contributed by atoms with van der Waals surface area (Å²) in [5.41, 5.74) is 1.33. The first kappa shape index (κ1) is 22.1. The minimum absolute atomic E-state index is 0.0475. The summed E-state index contributed by atoms with van der Waals surface area (Å²) in [4.78, 5) is 16.4. The number of amides is 1. The smallest absolute Gasteiger partial charge is 0.279 e. The summed E-state index contributed by atoms with van der Waals surface area (Å²) in [6.45, 7) is 1.49. The Balaban J connectivity index is 1.78. The molecule has 162 valence electrons. The number of rotatable bonds is 6. The molecule has 1 aromatic carbocycles. The molecular formula is C21H35N4O3S+. The van der Waals surface area contributed by atoms with Crippen LogP contribution in [0.3, 0.4) is 0 Å². The van der Waals surface area contributed by atoms with Crippen LogP contribution < -0.4 is 15.1 Å². The van der Waals surface area contributed by atoms with Crippen LogP contribution in [0.4, 0.5) is 11.4 Å². The fraction of sp³-hybridized carbons (Fsp3) is 0.667. The zero-order chi connectivity index (χ0) is 21.2. The van der Waals surface area contributed by atoms with Gasteiger partial charge in [0.25, 0.3) is 5.91 Å². The Morgan fingerprint density at radius 2 is 1.79 bits per heavy atom. The molecule has 3 atom stereocenters. The van der Waals surface area contributed by atoms with Crippen LogP contribution in [0.5, 0.6) is 0 Å². The first-order chi connectivity index (χ1) is 13.7. The van der Waals surface area contributed by atoms with Gasteiger partial charge in [-0.25, -0.2) is 12.7 Å². The van der Waals surface area contributed by atoms with E-state index in [1.165, 1.54) is 61.8 Å². The van der Waals surface area contributed by atoms with Crippen molar-refractivity contribution in [3.8, 4) is 0 Å². The van der Waals surface area contributed by atoms with Gasteiger partial charge < -0.3 is 15.1 Å². The van der Waals surface area contributed by atoms with Gasteiger partial charge in [-0.15, -0.1) is 0 Å². The molecule has 8 heteroatoms. The lowest BCUT2D eigenvalue weighted by Gasteiger charge is -2.40. The van der Waals surface area contributed by atoms with Gasteiger partial charge in [-0.1, -0.05) is 6.42 Å². The lowest BCUT2D eigenvalue weighted by Crippen LogP contribution is -3.18. The van der Waals surface area contributed by atoms with Crippen molar-refractivity contribution in [3.05, 3.63) is 18.2 Å². The largest absolute Gasteiger partial charge is 0.376 e. The summed E-state index contributed by atoms with van der Waals surface area (Å²) < 4.78 is 26.2. The van der Waals surface area contributed by atoms with Crippen molar-refractivity contribution in [2.45, 2.75) is 49.5 Å². The predicted octanol–water partition coefficient (Wildman–Crippen LogP) is 1.18. The first-order valence-corrected chi connectivity index (χ1v) is 12.0. The third kappa shape index (κ3) is 4.92. The molecule has 3 rings (SSSR count). The zero-order valence-electron chi connectivity index (χ0n) is 18.1. The van der Waals surface area contributed by atoms with Gasteiger partial charge in [0.1, 0.15) is 0 Å². The Morgan fingerprint density at radius 3 is 2.48 bits per heavy atom. The average Bonchev–Trinajstić information content (AvgIpc) is 2.67. The van der Waals surface area contributed by atoms with Crippen LogP contribution in [0.2, 0.25) is 0 Å². The van der Waals surface area contributed by atoms with E-state index in [0.717, 1.165) is 18.2 Å². The molecule has 1 saturated carbocycles. The van der Waals surface area contributed by atoms with Gasteiger partial charge in [0, 0.05) is 34.1 Å². The lowest BCUT2D eigenvalue weighted by molar-refractivity contribution is -0.928. The first-order valence-electron chi connectivity index (χ1n) is 10.6. The number of quaternary nitrogens is 1. The highest BCUT2D eigenvalue weighted by atomic mass is 32.2. The minimum Gasteiger partial charge on any atom is -0.376 e. The second kappa shape index (κ2) is 9.02. The molecule has 1 amide bonds. The molecule has 7 nitrogen and oxygen atoms in total. The minimum atomic E-state index is -3.56. The number of anilines is 2. The number of benzene rings is 1. The number of nitrogens with one attached hydrogen (secondary N) is 2. The van der Waals surface area contributed by atoms with Gasteiger partial charge in [-0.2, -0.15) is 0 Å². The molecule has 0 radical (unpaired) electrons. The predicted molar refractivity (Wildman–Crippen MR) is 116 cm³/mol. The van der Waals surface area contributed by atoms with E-state index < -0.39 is 10.0 Å². The standard InChI is InChI=1S/C21H34N4O3S/c1-23(2)20-12-11-17(29(27,28)24(3)4)14-18(20)22-21(26)15-25-13-7-9-16-8-5-6-10-19(16)25/h11-12,14,16,19H,5-10,13,15H2,1-4H3,(H,22,26)/p+1/t16-,19-/m0/s1. The fourth-order valence-corrected chi connectivity index (χ4v) is 5.79. The molecular weight excluding hydrogens is 388 g/mol. The van der Waals surface area contributed by atoms with Gasteiger partial charge >= 0.3 is 0 Å². The van der Waals surface area contributed by atoms with E-state index in [4.69, 9.17) is 0 Å². The Morgan fingerprint density at radius 1 is 1.10 bits per heavy atom. The van der Waals surface area contributed by atoms with Crippen molar-refractivity contribution < 1.29 is 18.1 Å². The maximum atomic E-state index is 12.9. The van der Waals surface area contributed by atoms with Crippen LogP contribution in [0.1, 0.15) is 38.5 Å². The highest BCUT2D eigenvalue weighted by Gasteiger charge is 2.37. The molecule has 2 N–H and O–H groups in total. The van der Waals surface area contributed by atoms with Gasteiger partial charge in [0.15, 0.2) is 6.54 Å². The number of hydrogen-bond donors (Lipinski definition) is 2. The van der Waals surface area contributed by atoms with Crippen LogP contribution in [-0.4, -0.2) is 66.0 Å². The average molecular weight is 424 g/mol. The molecule has 0 spiro atoms. The Labute approximate surface area is 175 Å². The van der Waals surface area contributed by atoms with Crippen molar-refractivity contribution >= 4 is 27.3 Å². The van der Waals surface area contributed by atoms with E-state index in [1.807, 2.05) is 19.0 Å². The second-order valence-corrected chi connectivity index (χ2v) is 10.9. The molecule has 1 aliphatic heterocycles. The zero-order valence-corrected chi connectivity index (χ0v) is 18.9. The number of fused-ring (bicyclic) bond motifs is 1. The van der Waals surface area contributed by atoms with E-state index in [9.17, 15) is 13.2 Å². The highest BCUT2D eigenvalue weighted by Crippen LogP contribution is 2.29. The van der Waals surface area contributed by atoms with E-state index in [1.54, 1.807) is 18.2 Å².